The monoisotopic (exact) mass is 489 g/mol. The number of hydrogen-bond acceptors (Lipinski definition) is 1. The van der Waals surface area contributed by atoms with Crippen molar-refractivity contribution in [2.45, 2.75) is 194 Å². The van der Waals surface area contributed by atoms with Gasteiger partial charge in [-0.15, -0.1) is 0 Å². The molecule has 0 aliphatic heterocycles. The van der Waals surface area contributed by atoms with Crippen molar-refractivity contribution < 1.29 is 0 Å². The minimum Gasteiger partial charge on any atom is -0.332 e. The van der Waals surface area contributed by atoms with Crippen LogP contribution in [0.4, 0.5) is 0 Å². The third kappa shape index (κ3) is 16.6. The Labute approximate surface area is 221 Å². The minimum atomic E-state index is 0.591. The smallest absolute Gasteiger partial charge is 0.111 e. The van der Waals surface area contributed by atoms with Gasteiger partial charge in [-0.2, -0.15) is 0 Å². The molecule has 1 heterocycles. The van der Waals surface area contributed by atoms with E-state index in [-0.39, 0.29) is 0 Å². The lowest BCUT2D eigenvalue weighted by Gasteiger charge is -2.22. The normalized spacial score (nSPS) is 13.4. The van der Waals surface area contributed by atoms with E-state index in [0.29, 0.717) is 12.0 Å². The average Bonchev–Trinajstić information content (AvgIpc) is 3.35. The van der Waals surface area contributed by atoms with E-state index in [1.54, 1.807) is 0 Å². The van der Waals surface area contributed by atoms with Crippen LogP contribution in [0.5, 0.6) is 0 Å². The van der Waals surface area contributed by atoms with Crippen LogP contribution in [0, 0.1) is 0 Å². The summed E-state index contributed by atoms with van der Waals surface area (Å²) in [5.41, 5.74) is 0. The Morgan fingerprint density at radius 1 is 0.543 bits per heavy atom. The fraction of sp³-hybridized carbons (Fsp3) is 0.909. The van der Waals surface area contributed by atoms with Gasteiger partial charge in [0, 0.05) is 24.4 Å². The fourth-order valence-corrected chi connectivity index (χ4v) is 5.65. The third-order valence-corrected chi connectivity index (χ3v) is 8.08. The summed E-state index contributed by atoms with van der Waals surface area (Å²) in [7, 11) is 0. The van der Waals surface area contributed by atoms with Crippen LogP contribution < -0.4 is 0 Å². The zero-order chi connectivity index (χ0) is 25.4. The van der Waals surface area contributed by atoms with Crippen molar-refractivity contribution in [3.63, 3.8) is 0 Å². The minimum absolute atomic E-state index is 0.591. The predicted molar refractivity (Wildman–Crippen MR) is 158 cm³/mol. The molecule has 2 atom stereocenters. The van der Waals surface area contributed by atoms with E-state index >= 15 is 0 Å². The summed E-state index contributed by atoms with van der Waals surface area (Å²) in [5, 5.41) is 0. The van der Waals surface area contributed by atoms with E-state index in [1.165, 1.54) is 160 Å². The van der Waals surface area contributed by atoms with Gasteiger partial charge < -0.3 is 4.57 Å². The summed E-state index contributed by atoms with van der Waals surface area (Å²) in [4.78, 5) is 4.95. The maximum Gasteiger partial charge on any atom is 0.111 e. The van der Waals surface area contributed by atoms with Crippen LogP contribution in [0.1, 0.15) is 200 Å². The second-order valence-corrected chi connectivity index (χ2v) is 11.5. The molecule has 1 rings (SSSR count). The van der Waals surface area contributed by atoms with Crippen LogP contribution in [0.2, 0.25) is 0 Å². The van der Waals surface area contributed by atoms with Crippen molar-refractivity contribution in [2.75, 3.05) is 0 Å². The largest absolute Gasteiger partial charge is 0.332 e. The Morgan fingerprint density at radius 2 is 0.914 bits per heavy atom. The Hall–Kier alpha value is -0.790. The van der Waals surface area contributed by atoms with Gasteiger partial charge in [0.15, 0.2) is 0 Å². The molecule has 1 aromatic rings. The second-order valence-electron chi connectivity index (χ2n) is 11.5. The molecule has 0 fully saturated rings. The molecule has 0 radical (unpaired) electrons. The van der Waals surface area contributed by atoms with Gasteiger partial charge >= 0.3 is 0 Å². The Bertz CT molecular complexity index is 549. The number of rotatable bonds is 26. The molecule has 0 amide bonds. The average molecular weight is 489 g/mol. The molecule has 2 unspecified atom stereocenters. The second kappa shape index (κ2) is 23.6. The number of unbranched alkanes of at least 4 members (excludes halogenated alkanes) is 18. The van der Waals surface area contributed by atoms with Crippen LogP contribution in [-0.4, -0.2) is 9.55 Å². The van der Waals surface area contributed by atoms with Crippen molar-refractivity contribution in [2.24, 2.45) is 0 Å². The Kier molecular flexibility index (Phi) is 21.7. The quantitative estimate of drug-likeness (QED) is 0.118. The summed E-state index contributed by atoms with van der Waals surface area (Å²) in [5.74, 6) is 2.06. The van der Waals surface area contributed by atoms with E-state index in [1.807, 2.05) is 0 Å². The van der Waals surface area contributed by atoms with Crippen LogP contribution >= 0.6 is 0 Å². The number of nitrogens with zero attached hydrogens (tertiary/aromatic N) is 2. The Balaban J connectivity index is 2.45. The molecule has 2 heteroatoms. The van der Waals surface area contributed by atoms with Gasteiger partial charge in [-0.1, -0.05) is 156 Å². The maximum absolute atomic E-state index is 4.95. The lowest BCUT2D eigenvalue weighted by molar-refractivity contribution is 0.412. The van der Waals surface area contributed by atoms with E-state index in [2.05, 4.69) is 44.7 Å². The van der Waals surface area contributed by atoms with Crippen LogP contribution in [-0.2, 0) is 0 Å². The molecule has 0 aliphatic rings. The summed E-state index contributed by atoms with van der Waals surface area (Å²) < 4.78 is 2.56. The van der Waals surface area contributed by atoms with Gasteiger partial charge in [0.2, 0.25) is 0 Å². The molecular formula is C33H64N2. The van der Waals surface area contributed by atoms with Crippen molar-refractivity contribution in [3.8, 4) is 0 Å². The lowest BCUT2D eigenvalue weighted by Crippen LogP contribution is -2.13. The van der Waals surface area contributed by atoms with Gasteiger partial charge in [0.05, 0.1) is 0 Å². The van der Waals surface area contributed by atoms with Crippen molar-refractivity contribution in [1.29, 1.82) is 0 Å². The molecule has 0 aliphatic carbocycles. The topological polar surface area (TPSA) is 17.8 Å². The fourth-order valence-electron chi connectivity index (χ4n) is 5.65. The van der Waals surface area contributed by atoms with E-state index in [4.69, 9.17) is 4.98 Å². The highest BCUT2D eigenvalue weighted by Crippen LogP contribution is 2.30. The standard InChI is InChI=1S/C33H64N2/c1-5-8-11-14-16-17-19-21-23-26-31(4)35-30-29-34-33(35)32(27-24-20-13-10-7-3)28-25-22-18-15-12-9-6-2/h29-32H,5-28H2,1-4H3. The van der Waals surface area contributed by atoms with Crippen molar-refractivity contribution in [1.82, 2.24) is 9.55 Å². The first-order chi connectivity index (χ1) is 17.2. The van der Waals surface area contributed by atoms with Gasteiger partial charge in [-0.25, -0.2) is 4.98 Å². The molecule has 0 saturated heterocycles. The molecule has 35 heavy (non-hydrogen) atoms. The van der Waals surface area contributed by atoms with Gasteiger partial charge in [-0.05, 0) is 26.2 Å². The number of aromatic nitrogens is 2. The molecule has 206 valence electrons. The molecule has 0 N–H and O–H groups in total. The van der Waals surface area contributed by atoms with E-state index < -0.39 is 0 Å². The molecule has 0 spiro atoms. The predicted octanol–water partition coefficient (Wildman–Crippen LogP) is 11.9. The maximum atomic E-state index is 4.95. The first-order valence-electron chi connectivity index (χ1n) is 16.3. The SMILES string of the molecule is CCCCCCCCCCCC(C)n1ccnc1C(CCCCCCC)CCCCCCCCC. The summed E-state index contributed by atoms with van der Waals surface area (Å²) >= 11 is 0. The Morgan fingerprint density at radius 3 is 1.34 bits per heavy atom. The first-order valence-corrected chi connectivity index (χ1v) is 16.3. The highest BCUT2D eigenvalue weighted by molar-refractivity contribution is 5.02. The van der Waals surface area contributed by atoms with Crippen LogP contribution in [0.25, 0.3) is 0 Å². The third-order valence-electron chi connectivity index (χ3n) is 8.08. The molecule has 2 nitrogen and oxygen atoms in total. The van der Waals surface area contributed by atoms with Gasteiger partial charge in [0.1, 0.15) is 5.82 Å². The van der Waals surface area contributed by atoms with Crippen molar-refractivity contribution >= 4 is 0 Å². The zero-order valence-corrected chi connectivity index (χ0v) is 24.7. The van der Waals surface area contributed by atoms with Gasteiger partial charge in [-0.3, -0.25) is 0 Å². The number of hydrogen-bond donors (Lipinski definition) is 0. The summed E-state index contributed by atoms with van der Waals surface area (Å²) in [6.07, 6.45) is 37.8. The van der Waals surface area contributed by atoms with Crippen LogP contribution in [0.15, 0.2) is 12.4 Å². The lowest BCUT2D eigenvalue weighted by atomic mass is 9.93. The van der Waals surface area contributed by atoms with Gasteiger partial charge in [0.25, 0.3) is 0 Å². The molecule has 0 saturated carbocycles. The van der Waals surface area contributed by atoms with Crippen molar-refractivity contribution in [3.05, 3.63) is 18.2 Å². The highest BCUT2D eigenvalue weighted by Gasteiger charge is 2.19. The summed E-state index contributed by atoms with van der Waals surface area (Å²) in [6, 6.07) is 0.591. The molecule has 0 aromatic carbocycles. The van der Waals surface area contributed by atoms with E-state index in [9.17, 15) is 0 Å². The molecular weight excluding hydrogens is 424 g/mol. The highest BCUT2D eigenvalue weighted by atomic mass is 15.1. The molecule has 0 bridgehead atoms. The van der Waals surface area contributed by atoms with E-state index in [0.717, 1.165) is 0 Å². The first kappa shape index (κ1) is 32.2. The molecule has 1 aromatic heterocycles. The van der Waals surface area contributed by atoms with Crippen LogP contribution in [0.3, 0.4) is 0 Å². The zero-order valence-electron chi connectivity index (χ0n) is 24.7. The summed E-state index contributed by atoms with van der Waals surface area (Å²) in [6.45, 7) is 9.36. The number of imidazole rings is 1.